The SMILES string of the molecule is Cc1cc(C)n(CC(C)CNC(C)C2CCCN2C(=O)OC(C)(C)C)n1. The van der Waals surface area contributed by atoms with E-state index in [4.69, 9.17) is 4.74 Å². The van der Waals surface area contributed by atoms with Gasteiger partial charge in [-0.15, -0.1) is 0 Å². The Balaban J connectivity index is 1.85. The van der Waals surface area contributed by atoms with Crippen molar-refractivity contribution in [1.82, 2.24) is 20.0 Å². The number of rotatable bonds is 6. The summed E-state index contributed by atoms with van der Waals surface area (Å²) in [4.78, 5) is 14.4. The monoisotopic (exact) mass is 364 g/mol. The van der Waals surface area contributed by atoms with Crippen molar-refractivity contribution < 1.29 is 9.53 Å². The molecule has 2 rings (SSSR count). The number of hydrogen-bond donors (Lipinski definition) is 1. The summed E-state index contributed by atoms with van der Waals surface area (Å²) in [6.45, 7) is 16.9. The van der Waals surface area contributed by atoms with Crippen LogP contribution in [0.4, 0.5) is 4.79 Å². The molecule has 3 unspecified atom stereocenters. The molecular weight excluding hydrogens is 328 g/mol. The van der Waals surface area contributed by atoms with E-state index in [-0.39, 0.29) is 18.2 Å². The van der Waals surface area contributed by atoms with Crippen molar-refractivity contribution in [2.75, 3.05) is 13.1 Å². The summed E-state index contributed by atoms with van der Waals surface area (Å²) >= 11 is 0. The van der Waals surface area contributed by atoms with Crippen molar-refractivity contribution in [3.8, 4) is 0 Å². The van der Waals surface area contributed by atoms with Crippen LogP contribution in [-0.2, 0) is 11.3 Å². The van der Waals surface area contributed by atoms with Crippen molar-refractivity contribution in [3.05, 3.63) is 17.5 Å². The molecule has 1 aromatic heterocycles. The van der Waals surface area contributed by atoms with Crippen molar-refractivity contribution in [2.45, 2.75) is 85.5 Å². The highest BCUT2D eigenvalue weighted by Crippen LogP contribution is 2.23. The van der Waals surface area contributed by atoms with E-state index in [2.05, 4.69) is 41.9 Å². The lowest BCUT2D eigenvalue weighted by molar-refractivity contribution is 0.0200. The van der Waals surface area contributed by atoms with Crippen LogP contribution in [-0.4, -0.2) is 51.5 Å². The second-order valence-electron chi connectivity index (χ2n) is 8.79. The van der Waals surface area contributed by atoms with Gasteiger partial charge in [0.1, 0.15) is 5.60 Å². The van der Waals surface area contributed by atoms with E-state index in [0.717, 1.165) is 38.2 Å². The Hall–Kier alpha value is -1.56. The lowest BCUT2D eigenvalue weighted by Gasteiger charge is -2.32. The highest BCUT2D eigenvalue weighted by atomic mass is 16.6. The number of likely N-dealkylation sites (tertiary alicyclic amines) is 1. The number of aromatic nitrogens is 2. The molecule has 1 aromatic rings. The molecule has 26 heavy (non-hydrogen) atoms. The highest BCUT2D eigenvalue weighted by molar-refractivity contribution is 5.69. The summed E-state index contributed by atoms with van der Waals surface area (Å²) in [6, 6.07) is 2.55. The first kappa shape index (κ1) is 20.7. The molecule has 0 aliphatic carbocycles. The first-order chi connectivity index (χ1) is 12.1. The number of ether oxygens (including phenoxy) is 1. The Morgan fingerprint density at radius 1 is 1.38 bits per heavy atom. The summed E-state index contributed by atoms with van der Waals surface area (Å²) in [7, 11) is 0. The molecule has 1 aliphatic rings. The van der Waals surface area contributed by atoms with Gasteiger partial charge in [0.15, 0.2) is 0 Å². The highest BCUT2D eigenvalue weighted by Gasteiger charge is 2.35. The van der Waals surface area contributed by atoms with Gasteiger partial charge in [-0.25, -0.2) is 4.79 Å². The predicted octanol–water partition coefficient (Wildman–Crippen LogP) is 3.51. The predicted molar refractivity (Wildman–Crippen MR) is 104 cm³/mol. The van der Waals surface area contributed by atoms with Crippen LogP contribution < -0.4 is 5.32 Å². The van der Waals surface area contributed by atoms with Crippen molar-refractivity contribution in [3.63, 3.8) is 0 Å². The Morgan fingerprint density at radius 3 is 2.65 bits per heavy atom. The molecule has 1 fully saturated rings. The first-order valence-electron chi connectivity index (χ1n) is 9.81. The maximum Gasteiger partial charge on any atom is 0.410 e. The minimum absolute atomic E-state index is 0.190. The fourth-order valence-electron chi connectivity index (χ4n) is 3.60. The van der Waals surface area contributed by atoms with Gasteiger partial charge in [-0.3, -0.25) is 4.68 Å². The fourth-order valence-corrected chi connectivity index (χ4v) is 3.60. The van der Waals surface area contributed by atoms with Crippen LogP contribution in [0.3, 0.4) is 0 Å². The molecule has 3 atom stereocenters. The van der Waals surface area contributed by atoms with Crippen molar-refractivity contribution in [2.24, 2.45) is 5.92 Å². The van der Waals surface area contributed by atoms with Crippen LogP contribution in [0, 0.1) is 19.8 Å². The maximum absolute atomic E-state index is 12.5. The third kappa shape index (κ3) is 5.73. The summed E-state index contributed by atoms with van der Waals surface area (Å²) in [5, 5.41) is 8.17. The van der Waals surface area contributed by atoms with Gasteiger partial charge in [0, 0.05) is 24.8 Å². The molecule has 6 nitrogen and oxygen atoms in total. The number of carbonyl (C=O) groups is 1. The Labute approximate surface area is 158 Å². The van der Waals surface area contributed by atoms with Gasteiger partial charge >= 0.3 is 6.09 Å². The third-order valence-electron chi connectivity index (χ3n) is 4.88. The van der Waals surface area contributed by atoms with Crippen LogP contribution in [0.2, 0.25) is 0 Å². The first-order valence-corrected chi connectivity index (χ1v) is 9.81. The molecule has 1 amide bonds. The lowest BCUT2D eigenvalue weighted by Crippen LogP contribution is -2.49. The third-order valence-corrected chi connectivity index (χ3v) is 4.88. The van der Waals surface area contributed by atoms with Crippen LogP contribution in [0.5, 0.6) is 0 Å². The largest absolute Gasteiger partial charge is 0.444 e. The van der Waals surface area contributed by atoms with E-state index in [1.165, 1.54) is 5.69 Å². The number of nitrogens with zero attached hydrogens (tertiary/aromatic N) is 3. The van der Waals surface area contributed by atoms with Gasteiger partial charge in [-0.2, -0.15) is 5.10 Å². The molecule has 0 saturated carbocycles. The van der Waals surface area contributed by atoms with Crippen LogP contribution in [0.1, 0.15) is 58.8 Å². The van der Waals surface area contributed by atoms with Gasteiger partial charge in [0.25, 0.3) is 0 Å². The van der Waals surface area contributed by atoms with E-state index in [9.17, 15) is 4.79 Å². The van der Waals surface area contributed by atoms with E-state index in [1.54, 1.807) is 0 Å². The number of carbonyl (C=O) groups excluding carboxylic acids is 1. The van der Waals surface area contributed by atoms with Gasteiger partial charge in [-0.1, -0.05) is 6.92 Å². The van der Waals surface area contributed by atoms with Gasteiger partial charge in [-0.05, 0) is 72.9 Å². The molecule has 0 aromatic carbocycles. The average molecular weight is 365 g/mol. The molecule has 0 spiro atoms. The molecule has 1 N–H and O–H groups in total. The second kappa shape index (κ2) is 8.42. The Morgan fingerprint density at radius 2 is 2.08 bits per heavy atom. The zero-order chi connectivity index (χ0) is 19.5. The molecular formula is C20H36N4O2. The van der Waals surface area contributed by atoms with E-state index >= 15 is 0 Å². The van der Waals surface area contributed by atoms with Gasteiger partial charge in [0.05, 0.1) is 11.7 Å². The molecule has 0 bridgehead atoms. The minimum Gasteiger partial charge on any atom is -0.444 e. The summed E-state index contributed by atoms with van der Waals surface area (Å²) < 4.78 is 7.65. The summed E-state index contributed by atoms with van der Waals surface area (Å²) in [6.07, 6.45) is 1.88. The lowest BCUT2D eigenvalue weighted by atomic mass is 10.1. The van der Waals surface area contributed by atoms with Crippen LogP contribution >= 0.6 is 0 Å². The molecule has 1 saturated heterocycles. The second-order valence-corrected chi connectivity index (χ2v) is 8.79. The maximum atomic E-state index is 12.5. The van der Waals surface area contributed by atoms with E-state index in [1.807, 2.05) is 32.6 Å². The fraction of sp³-hybridized carbons (Fsp3) is 0.800. The van der Waals surface area contributed by atoms with Crippen LogP contribution in [0.25, 0.3) is 0 Å². The van der Waals surface area contributed by atoms with E-state index < -0.39 is 5.60 Å². The number of hydrogen-bond acceptors (Lipinski definition) is 4. The van der Waals surface area contributed by atoms with Crippen molar-refractivity contribution >= 4 is 6.09 Å². The van der Waals surface area contributed by atoms with Gasteiger partial charge in [0.2, 0.25) is 0 Å². The summed E-state index contributed by atoms with van der Waals surface area (Å²) in [5.74, 6) is 0.465. The quantitative estimate of drug-likeness (QED) is 0.839. The van der Waals surface area contributed by atoms with E-state index in [0.29, 0.717) is 5.92 Å². The topological polar surface area (TPSA) is 59.4 Å². The molecule has 1 aliphatic heterocycles. The Bertz CT molecular complexity index is 605. The number of nitrogens with one attached hydrogen (secondary N) is 1. The molecule has 6 heteroatoms. The minimum atomic E-state index is -0.449. The number of aryl methyl sites for hydroxylation is 2. The normalized spacial score (nSPS) is 20.3. The molecule has 0 radical (unpaired) electrons. The standard InChI is InChI=1S/C20H36N4O2/c1-14(13-24-16(3)11-15(2)22-24)12-21-17(4)18-9-8-10-23(18)19(25)26-20(5,6)7/h11,14,17-18,21H,8-10,12-13H2,1-7H3. The zero-order valence-corrected chi connectivity index (χ0v) is 17.5. The number of amides is 1. The van der Waals surface area contributed by atoms with Crippen LogP contribution in [0.15, 0.2) is 6.07 Å². The van der Waals surface area contributed by atoms with Gasteiger partial charge < -0.3 is 15.0 Å². The zero-order valence-electron chi connectivity index (χ0n) is 17.5. The summed E-state index contributed by atoms with van der Waals surface area (Å²) in [5.41, 5.74) is 1.82. The molecule has 148 valence electrons. The van der Waals surface area contributed by atoms with Crippen molar-refractivity contribution in [1.29, 1.82) is 0 Å². The molecule has 2 heterocycles. The smallest absolute Gasteiger partial charge is 0.410 e. The average Bonchev–Trinajstić information content (AvgIpc) is 3.10. The Kier molecular flexibility index (Phi) is 6.72.